The number of carbonyl (C=O) groups is 2. The third kappa shape index (κ3) is 4.59. The molecule has 0 aliphatic carbocycles. The highest BCUT2D eigenvalue weighted by atomic mass is 35.5. The fourth-order valence-electron chi connectivity index (χ4n) is 1.81. The van der Waals surface area contributed by atoms with Crippen LogP contribution in [0.1, 0.15) is 15.9 Å². The van der Waals surface area contributed by atoms with E-state index in [1.165, 1.54) is 18.2 Å². The molecule has 0 aliphatic rings. The molecule has 118 valence electrons. The summed E-state index contributed by atoms with van der Waals surface area (Å²) in [4.78, 5) is 23.4. The summed E-state index contributed by atoms with van der Waals surface area (Å²) in [6, 6.07) is 12.9. The van der Waals surface area contributed by atoms with Crippen LogP contribution in [0.3, 0.4) is 0 Å². The molecule has 0 saturated heterocycles. The predicted octanol–water partition coefficient (Wildman–Crippen LogP) is 3.20. The largest absolute Gasteiger partial charge is 0.497 e. The van der Waals surface area contributed by atoms with Gasteiger partial charge >= 0.3 is 5.97 Å². The number of hydrogen-bond donors (Lipinski definition) is 2. The zero-order valence-electron chi connectivity index (χ0n) is 12.2. The van der Waals surface area contributed by atoms with Gasteiger partial charge in [0.15, 0.2) is 0 Å². The topological polar surface area (TPSA) is 75.6 Å². The first-order valence-electron chi connectivity index (χ1n) is 6.65. The number of nitrogens with one attached hydrogen (secondary N) is 1. The van der Waals surface area contributed by atoms with Crippen molar-refractivity contribution in [2.24, 2.45) is 0 Å². The van der Waals surface area contributed by atoms with Crippen molar-refractivity contribution >= 4 is 29.6 Å². The van der Waals surface area contributed by atoms with Crippen molar-refractivity contribution in [2.75, 3.05) is 7.11 Å². The SMILES string of the molecule is COc1ccc(/C=C(/NC(=O)c2ccc(Cl)cc2)C(=O)O)cc1. The quantitative estimate of drug-likeness (QED) is 0.825. The average molecular weight is 332 g/mol. The monoisotopic (exact) mass is 331 g/mol. The minimum atomic E-state index is -1.23. The van der Waals surface area contributed by atoms with Gasteiger partial charge in [-0.25, -0.2) is 4.79 Å². The van der Waals surface area contributed by atoms with Crippen molar-refractivity contribution in [1.82, 2.24) is 5.32 Å². The zero-order chi connectivity index (χ0) is 16.8. The number of methoxy groups -OCH3 is 1. The van der Waals surface area contributed by atoms with E-state index in [9.17, 15) is 14.7 Å². The molecule has 0 aromatic heterocycles. The van der Waals surface area contributed by atoms with E-state index in [4.69, 9.17) is 16.3 Å². The van der Waals surface area contributed by atoms with Crippen molar-refractivity contribution in [3.63, 3.8) is 0 Å². The van der Waals surface area contributed by atoms with Crippen LogP contribution in [0.4, 0.5) is 0 Å². The Morgan fingerprint density at radius 3 is 2.22 bits per heavy atom. The lowest BCUT2D eigenvalue weighted by molar-refractivity contribution is -0.132. The number of hydrogen-bond acceptors (Lipinski definition) is 3. The van der Waals surface area contributed by atoms with Crippen LogP contribution in [0.25, 0.3) is 6.08 Å². The first-order valence-corrected chi connectivity index (χ1v) is 7.03. The third-order valence-corrected chi connectivity index (χ3v) is 3.26. The zero-order valence-corrected chi connectivity index (χ0v) is 13.0. The maximum absolute atomic E-state index is 12.1. The van der Waals surface area contributed by atoms with Gasteiger partial charge < -0.3 is 15.2 Å². The third-order valence-electron chi connectivity index (χ3n) is 3.01. The summed E-state index contributed by atoms with van der Waals surface area (Å²) in [5.41, 5.74) is 0.714. The highest BCUT2D eigenvalue weighted by molar-refractivity contribution is 6.30. The highest BCUT2D eigenvalue weighted by Gasteiger charge is 2.13. The minimum Gasteiger partial charge on any atom is -0.497 e. The molecule has 2 aromatic rings. The number of amides is 1. The molecule has 6 heteroatoms. The van der Waals surface area contributed by atoms with Crippen molar-refractivity contribution in [3.8, 4) is 5.75 Å². The van der Waals surface area contributed by atoms with E-state index in [2.05, 4.69) is 5.32 Å². The van der Waals surface area contributed by atoms with Crippen LogP contribution in [0.2, 0.25) is 5.02 Å². The molecule has 0 fully saturated rings. The highest BCUT2D eigenvalue weighted by Crippen LogP contribution is 2.14. The van der Waals surface area contributed by atoms with Crippen LogP contribution >= 0.6 is 11.6 Å². The summed E-state index contributed by atoms with van der Waals surface area (Å²) in [5.74, 6) is -1.10. The van der Waals surface area contributed by atoms with Gasteiger partial charge in [-0.05, 0) is 48.0 Å². The molecule has 5 nitrogen and oxygen atoms in total. The second-order valence-electron chi connectivity index (χ2n) is 4.60. The number of rotatable bonds is 5. The van der Waals surface area contributed by atoms with Gasteiger partial charge in [0.1, 0.15) is 11.4 Å². The number of carboxylic acid groups (broad SMARTS) is 1. The van der Waals surface area contributed by atoms with Crippen LogP contribution in [-0.4, -0.2) is 24.1 Å². The Bertz CT molecular complexity index is 736. The number of aliphatic carboxylic acids is 1. The Morgan fingerprint density at radius 2 is 1.70 bits per heavy atom. The summed E-state index contributed by atoms with van der Waals surface area (Å²) in [6.07, 6.45) is 1.37. The smallest absolute Gasteiger partial charge is 0.352 e. The lowest BCUT2D eigenvalue weighted by Crippen LogP contribution is -2.27. The fourth-order valence-corrected chi connectivity index (χ4v) is 1.94. The summed E-state index contributed by atoms with van der Waals surface area (Å²) in [5, 5.41) is 12.1. The lowest BCUT2D eigenvalue weighted by atomic mass is 10.1. The second kappa shape index (κ2) is 7.47. The van der Waals surface area contributed by atoms with E-state index in [1.54, 1.807) is 43.5 Å². The van der Waals surface area contributed by atoms with Gasteiger partial charge in [-0.3, -0.25) is 4.79 Å². The Balaban J connectivity index is 2.20. The van der Waals surface area contributed by atoms with Crippen LogP contribution in [0, 0.1) is 0 Å². The first-order chi connectivity index (χ1) is 11.0. The molecular weight excluding hydrogens is 318 g/mol. The van der Waals surface area contributed by atoms with Crippen molar-refractivity contribution < 1.29 is 19.4 Å². The molecule has 2 N–H and O–H groups in total. The maximum Gasteiger partial charge on any atom is 0.352 e. The normalized spacial score (nSPS) is 11.0. The van der Waals surface area contributed by atoms with Gasteiger partial charge in [0.2, 0.25) is 0 Å². The first kappa shape index (κ1) is 16.6. The molecule has 0 spiro atoms. The van der Waals surface area contributed by atoms with Gasteiger partial charge in [-0.1, -0.05) is 23.7 Å². The van der Waals surface area contributed by atoms with Gasteiger partial charge in [0.05, 0.1) is 7.11 Å². The number of benzene rings is 2. The standard InChI is InChI=1S/C17H14ClNO4/c1-23-14-8-2-11(3-9-14)10-15(17(21)22)19-16(20)12-4-6-13(18)7-5-12/h2-10H,1H3,(H,19,20)(H,21,22)/b15-10+. The summed E-state index contributed by atoms with van der Waals surface area (Å²) in [6.45, 7) is 0. The molecule has 23 heavy (non-hydrogen) atoms. The molecule has 0 heterocycles. The number of halogens is 1. The van der Waals surface area contributed by atoms with Crippen LogP contribution in [0.5, 0.6) is 5.75 Å². The van der Waals surface area contributed by atoms with Crippen LogP contribution in [0.15, 0.2) is 54.2 Å². The number of carboxylic acids is 1. The van der Waals surface area contributed by atoms with Crippen molar-refractivity contribution in [2.45, 2.75) is 0 Å². The Morgan fingerprint density at radius 1 is 1.09 bits per heavy atom. The Labute approximate surface area is 138 Å². The summed E-state index contributed by atoms with van der Waals surface area (Å²) >= 11 is 5.76. The lowest BCUT2D eigenvalue weighted by Gasteiger charge is -2.07. The van der Waals surface area contributed by atoms with E-state index in [0.717, 1.165) is 0 Å². The molecular formula is C17H14ClNO4. The van der Waals surface area contributed by atoms with Crippen LogP contribution in [-0.2, 0) is 4.79 Å². The summed E-state index contributed by atoms with van der Waals surface area (Å²) < 4.78 is 5.04. The van der Waals surface area contributed by atoms with Gasteiger partial charge in [0, 0.05) is 10.6 Å². The van der Waals surface area contributed by atoms with Crippen molar-refractivity contribution in [1.29, 1.82) is 0 Å². The van der Waals surface area contributed by atoms with Crippen molar-refractivity contribution in [3.05, 3.63) is 70.4 Å². The van der Waals surface area contributed by atoms with E-state index < -0.39 is 11.9 Å². The van der Waals surface area contributed by atoms with E-state index in [-0.39, 0.29) is 5.70 Å². The van der Waals surface area contributed by atoms with Gasteiger partial charge in [-0.15, -0.1) is 0 Å². The Hall–Kier alpha value is -2.79. The minimum absolute atomic E-state index is 0.227. The number of ether oxygens (including phenoxy) is 1. The maximum atomic E-state index is 12.1. The molecule has 0 radical (unpaired) electrons. The van der Waals surface area contributed by atoms with E-state index >= 15 is 0 Å². The molecule has 0 unspecified atom stereocenters. The van der Waals surface area contributed by atoms with Crippen LogP contribution < -0.4 is 10.1 Å². The van der Waals surface area contributed by atoms with Gasteiger partial charge in [-0.2, -0.15) is 0 Å². The molecule has 0 aliphatic heterocycles. The molecule has 0 bridgehead atoms. The fraction of sp³-hybridized carbons (Fsp3) is 0.0588. The molecule has 0 atom stereocenters. The molecule has 0 saturated carbocycles. The van der Waals surface area contributed by atoms with Gasteiger partial charge in [0.25, 0.3) is 5.91 Å². The van der Waals surface area contributed by atoms with E-state index in [0.29, 0.717) is 21.9 Å². The molecule has 2 aromatic carbocycles. The molecule has 1 amide bonds. The van der Waals surface area contributed by atoms with E-state index in [1.807, 2.05) is 0 Å². The predicted molar refractivity (Wildman–Crippen MR) is 87.5 cm³/mol. The molecule has 2 rings (SSSR count). The summed E-state index contributed by atoms with van der Waals surface area (Å²) in [7, 11) is 1.54. The Kier molecular flexibility index (Phi) is 5.38. The second-order valence-corrected chi connectivity index (χ2v) is 5.03. The number of carbonyl (C=O) groups excluding carboxylic acids is 1. The average Bonchev–Trinajstić information content (AvgIpc) is 2.55.